The lowest BCUT2D eigenvalue weighted by molar-refractivity contribution is 0.177. The van der Waals surface area contributed by atoms with E-state index in [0.29, 0.717) is 6.61 Å². The third kappa shape index (κ3) is 5.37. The number of ether oxygens (including phenoxy) is 1. The summed E-state index contributed by atoms with van der Waals surface area (Å²) in [6, 6.07) is 1.98. The van der Waals surface area contributed by atoms with Gasteiger partial charge in [-0.05, 0) is 18.1 Å². The van der Waals surface area contributed by atoms with Gasteiger partial charge in [-0.15, -0.1) is 11.8 Å². The molecule has 0 aliphatic carbocycles. The molecular weight excluding hydrogens is 234 g/mol. The van der Waals surface area contributed by atoms with Gasteiger partial charge >= 0.3 is 0 Å². The van der Waals surface area contributed by atoms with Gasteiger partial charge in [0.2, 0.25) is 0 Å². The van der Waals surface area contributed by atoms with Gasteiger partial charge in [0.25, 0.3) is 0 Å². The van der Waals surface area contributed by atoms with Crippen LogP contribution in [0.2, 0.25) is 0 Å². The molecule has 0 spiro atoms. The molecule has 1 N–H and O–H groups in total. The number of nitrogens with one attached hydrogen (secondary N) is 1. The van der Waals surface area contributed by atoms with E-state index in [4.69, 9.17) is 4.74 Å². The lowest BCUT2D eigenvalue weighted by Crippen LogP contribution is -2.02. The molecule has 0 bridgehead atoms. The molecule has 0 aromatic carbocycles. The first kappa shape index (κ1) is 14.3. The number of nitrogens with zero attached hydrogens (tertiary/aromatic N) is 2. The average molecular weight is 255 g/mol. The summed E-state index contributed by atoms with van der Waals surface area (Å²) in [5.41, 5.74) is 0. The Morgan fingerprint density at radius 2 is 2.18 bits per heavy atom. The second-order valence-electron chi connectivity index (χ2n) is 4.22. The van der Waals surface area contributed by atoms with Crippen molar-refractivity contribution in [2.45, 2.75) is 31.9 Å². The van der Waals surface area contributed by atoms with Crippen molar-refractivity contribution in [3.8, 4) is 0 Å². The van der Waals surface area contributed by atoms with Crippen molar-refractivity contribution in [3.05, 3.63) is 11.9 Å². The Labute approximate surface area is 108 Å². The molecule has 0 aliphatic heterocycles. The van der Waals surface area contributed by atoms with Gasteiger partial charge in [0, 0.05) is 20.2 Å². The monoisotopic (exact) mass is 255 g/mol. The highest BCUT2D eigenvalue weighted by molar-refractivity contribution is 7.99. The third-order valence-electron chi connectivity index (χ3n) is 2.22. The fourth-order valence-electron chi connectivity index (χ4n) is 1.27. The summed E-state index contributed by atoms with van der Waals surface area (Å²) in [5, 5.41) is 4.06. The minimum atomic E-state index is 0.452. The third-order valence-corrected chi connectivity index (χ3v) is 3.17. The lowest BCUT2D eigenvalue weighted by Gasteiger charge is -2.08. The van der Waals surface area contributed by atoms with Crippen molar-refractivity contribution in [1.29, 1.82) is 0 Å². The molecule has 0 atom stereocenters. The molecule has 1 rings (SSSR count). The smallest absolute Gasteiger partial charge is 0.157 e. The number of anilines is 1. The second-order valence-corrected chi connectivity index (χ2v) is 5.34. The van der Waals surface area contributed by atoms with Crippen molar-refractivity contribution in [2.24, 2.45) is 5.92 Å². The van der Waals surface area contributed by atoms with Gasteiger partial charge in [0.15, 0.2) is 5.82 Å². The maximum Gasteiger partial charge on any atom is 0.157 e. The minimum Gasteiger partial charge on any atom is -0.377 e. The SMILES string of the molecule is CNc1cc(SCCC(C)C)nc(COC)n1. The van der Waals surface area contributed by atoms with Crippen LogP contribution in [0.15, 0.2) is 11.1 Å². The first-order valence-corrected chi connectivity index (χ1v) is 6.81. The molecule has 0 saturated carbocycles. The van der Waals surface area contributed by atoms with Crippen molar-refractivity contribution in [1.82, 2.24) is 9.97 Å². The fraction of sp³-hybridized carbons (Fsp3) is 0.667. The fourth-order valence-corrected chi connectivity index (χ4v) is 2.43. The number of thioether (sulfide) groups is 1. The van der Waals surface area contributed by atoms with Gasteiger partial charge in [-0.1, -0.05) is 13.8 Å². The summed E-state index contributed by atoms with van der Waals surface area (Å²) < 4.78 is 5.06. The summed E-state index contributed by atoms with van der Waals surface area (Å²) >= 11 is 1.77. The zero-order valence-corrected chi connectivity index (χ0v) is 11.8. The van der Waals surface area contributed by atoms with Crippen LogP contribution in [0.5, 0.6) is 0 Å². The highest BCUT2D eigenvalue weighted by Gasteiger charge is 2.05. The maximum atomic E-state index is 5.06. The molecule has 0 aliphatic rings. The first-order chi connectivity index (χ1) is 8.15. The van der Waals surface area contributed by atoms with Gasteiger partial charge in [-0.3, -0.25) is 0 Å². The summed E-state index contributed by atoms with van der Waals surface area (Å²) in [7, 11) is 3.52. The normalized spacial score (nSPS) is 10.9. The van der Waals surface area contributed by atoms with Crippen LogP contribution in [0.1, 0.15) is 26.1 Å². The van der Waals surface area contributed by atoms with Gasteiger partial charge in [-0.25, -0.2) is 9.97 Å². The standard InChI is InChI=1S/C12H21N3OS/c1-9(2)5-6-17-12-7-10(13-3)14-11(15-12)8-16-4/h7,9H,5-6,8H2,1-4H3,(H,13,14,15). The predicted molar refractivity (Wildman–Crippen MR) is 72.5 cm³/mol. The predicted octanol–water partition coefficient (Wildman–Crippen LogP) is 2.80. The number of aromatic nitrogens is 2. The van der Waals surface area contributed by atoms with Crippen LogP contribution >= 0.6 is 11.8 Å². The van der Waals surface area contributed by atoms with Crippen molar-refractivity contribution in [3.63, 3.8) is 0 Å². The summed E-state index contributed by atoms with van der Waals surface area (Å²) in [5.74, 6) is 3.39. The molecule has 1 heterocycles. The Kier molecular flexibility index (Phi) is 6.29. The number of methoxy groups -OCH3 is 1. The quantitative estimate of drug-likeness (QED) is 0.599. The van der Waals surface area contributed by atoms with E-state index in [1.807, 2.05) is 13.1 Å². The van der Waals surface area contributed by atoms with Gasteiger partial charge in [-0.2, -0.15) is 0 Å². The Balaban J connectivity index is 2.66. The molecule has 4 nitrogen and oxygen atoms in total. The second kappa shape index (κ2) is 7.50. The minimum absolute atomic E-state index is 0.452. The van der Waals surface area contributed by atoms with Crippen LogP contribution in [0, 0.1) is 5.92 Å². The van der Waals surface area contributed by atoms with Crippen LogP contribution in [0.4, 0.5) is 5.82 Å². The average Bonchev–Trinajstić information content (AvgIpc) is 2.28. The molecule has 5 heteroatoms. The Morgan fingerprint density at radius 1 is 1.41 bits per heavy atom. The molecule has 17 heavy (non-hydrogen) atoms. The Hall–Kier alpha value is -0.810. The van der Waals surface area contributed by atoms with Crippen LogP contribution in [-0.4, -0.2) is 29.9 Å². The first-order valence-electron chi connectivity index (χ1n) is 5.83. The molecular formula is C12H21N3OS. The van der Waals surface area contributed by atoms with Crippen LogP contribution < -0.4 is 5.32 Å². The van der Waals surface area contributed by atoms with Crippen molar-refractivity contribution >= 4 is 17.6 Å². The van der Waals surface area contributed by atoms with E-state index in [-0.39, 0.29) is 0 Å². The van der Waals surface area contributed by atoms with Crippen LogP contribution in [0.3, 0.4) is 0 Å². The maximum absolute atomic E-state index is 5.06. The molecule has 0 unspecified atom stereocenters. The van der Waals surface area contributed by atoms with E-state index >= 15 is 0 Å². The summed E-state index contributed by atoms with van der Waals surface area (Å²) in [6.07, 6.45) is 1.20. The zero-order chi connectivity index (χ0) is 12.7. The van der Waals surface area contributed by atoms with E-state index in [0.717, 1.165) is 28.3 Å². The summed E-state index contributed by atoms with van der Waals surface area (Å²) in [6.45, 7) is 4.92. The largest absolute Gasteiger partial charge is 0.377 e. The Bertz CT molecular complexity index is 345. The van der Waals surface area contributed by atoms with Gasteiger partial charge in [0.1, 0.15) is 17.5 Å². The molecule has 0 amide bonds. The van der Waals surface area contributed by atoms with Gasteiger partial charge < -0.3 is 10.1 Å². The highest BCUT2D eigenvalue weighted by atomic mass is 32.2. The molecule has 0 saturated heterocycles. The molecule has 1 aromatic rings. The van der Waals surface area contributed by atoms with Crippen LogP contribution in [0.25, 0.3) is 0 Å². The van der Waals surface area contributed by atoms with E-state index < -0.39 is 0 Å². The highest BCUT2D eigenvalue weighted by Crippen LogP contribution is 2.21. The number of rotatable bonds is 7. The summed E-state index contributed by atoms with van der Waals surface area (Å²) in [4.78, 5) is 8.78. The van der Waals surface area contributed by atoms with E-state index in [2.05, 4.69) is 29.1 Å². The van der Waals surface area contributed by atoms with E-state index in [1.54, 1.807) is 18.9 Å². The zero-order valence-electron chi connectivity index (χ0n) is 11.0. The van der Waals surface area contributed by atoms with Crippen molar-refractivity contribution in [2.75, 3.05) is 25.2 Å². The number of hydrogen-bond acceptors (Lipinski definition) is 5. The van der Waals surface area contributed by atoms with Crippen molar-refractivity contribution < 1.29 is 4.74 Å². The molecule has 0 fully saturated rings. The van der Waals surface area contributed by atoms with Gasteiger partial charge in [0.05, 0.1) is 0 Å². The molecule has 0 radical (unpaired) electrons. The van der Waals surface area contributed by atoms with E-state index in [1.165, 1.54) is 6.42 Å². The van der Waals surface area contributed by atoms with Crippen LogP contribution in [-0.2, 0) is 11.3 Å². The lowest BCUT2D eigenvalue weighted by atomic mass is 10.2. The topological polar surface area (TPSA) is 47.0 Å². The number of hydrogen-bond donors (Lipinski definition) is 1. The molecule has 96 valence electrons. The Morgan fingerprint density at radius 3 is 2.76 bits per heavy atom. The molecule has 1 aromatic heterocycles. The van der Waals surface area contributed by atoms with E-state index in [9.17, 15) is 0 Å².